The van der Waals surface area contributed by atoms with Gasteiger partial charge in [-0.05, 0) is 85.1 Å². The van der Waals surface area contributed by atoms with Gasteiger partial charge in [0.15, 0.2) is 17.2 Å². The molecule has 3 amide bonds. The number of fused-ring (bicyclic) bond motifs is 1. The van der Waals surface area contributed by atoms with E-state index in [9.17, 15) is 24.0 Å². The van der Waals surface area contributed by atoms with Crippen LogP contribution in [0.3, 0.4) is 0 Å². The van der Waals surface area contributed by atoms with E-state index in [0.29, 0.717) is 57.7 Å². The van der Waals surface area contributed by atoms with E-state index in [2.05, 4.69) is 20.1 Å². The molecule has 3 saturated heterocycles. The van der Waals surface area contributed by atoms with E-state index in [1.165, 1.54) is 23.6 Å². The van der Waals surface area contributed by atoms with Gasteiger partial charge in [0.25, 0.3) is 17.7 Å². The Hall–Kier alpha value is -7.27. The van der Waals surface area contributed by atoms with Gasteiger partial charge in [0, 0.05) is 55.7 Å². The molecule has 0 bridgehead atoms. The number of methoxy groups -OCH3 is 3. The molecule has 3 atom stereocenters. The minimum absolute atomic E-state index is 0.0126. The van der Waals surface area contributed by atoms with E-state index in [0.717, 1.165) is 83.9 Å². The zero-order valence-corrected chi connectivity index (χ0v) is 47.4. The molecule has 1 unspecified atom stereocenters. The molecule has 0 saturated carbocycles. The van der Waals surface area contributed by atoms with Gasteiger partial charge in [0.1, 0.15) is 70.8 Å². The second-order valence-electron chi connectivity index (χ2n) is 19.7. The molecule has 0 aliphatic carbocycles. The van der Waals surface area contributed by atoms with Crippen molar-refractivity contribution in [3.63, 3.8) is 0 Å². The number of oxime groups is 1. The number of carbonyl (C=O) groups excluding carboxylic acids is 5. The lowest BCUT2D eigenvalue weighted by molar-refractivity contribution is -0.937. The van der Waals surface area contributed by atoms with Crippen molar-refractivity contribution >= 4 is 78.1 Å². The molecular weight excluding hydrogens is 1090 g/mol. The fraction of sp³-hybridized carbons (Fsp3) is 0.386. The second-order valence-corrected chi connectivity index (χ2v) is 22.6. The Labute approximate surface area is 478 Å². The van der Waals surface area contributed by atoms with Crippen molar-refractivity contribution in [2.75, 3.05) is 59.8 Å². The van der Waals surface area contributed by atoms with Crippen LogP contribution in [0.4, 0.5) is 0 Å². The van der Waals surface area contributed by atoms with Crippen molar-refractivity contribution in [2.24, 2.45) is 5.16 Å². The average molecular weight is 1150 g/mol. The Morgan fingerprint density at radius 2 is 1.40 bits per heavy atom. The van der Waals surface area contributed by atoms with Gasteiger partial charge < -0.3 is 52.6 Å². The minimum atomic E-state index is -1.30. The SMILES string of the molecule is [B]OC(=O)[C@H](C)O/N=C(\C(=O)NC1C(=O)N2C(C(=O)OCc3ccc(OC)cc3)=C(C[N+]3(C4CCN(C(=O)c5ccc(OCc6ccc(OC)cc6)c(OCc6ccc(OC)cc6)c5)CC4)CCCC3)CS[C@H]12)c1nc(C)sc1Cl. The highest BCUT2D eigenvalue weighted by Gasteiger charge is 2.56. The van der Waals surface area contributed by atoms with Crippen molar-refractivity contribution in [3.8, 4) is 28.7 Å². The van der Waals surface area contributed by atoms with Crippen LogP contribution in [0.1, 0.15) is 70.4 Å². The molecule has 3 fully saturated rings. The zero-order chi connectivity index (χ0) is 56.5. The molecule has 4 aliphatic heterocycles. The van der Waals surface area contributed by atoms with E-state index in [-0.39, 0.29) is 53.2 Å². The van der Waals surface area contributed by atoms with E-state index in [1.54, 1.807) is 70.7 Å². The number of hydrogen-bond acceptors (Lipinski definition) is 17. The number of nitrogens with zero attached hydrogens (tertiary/aromatic N) is 5. The number of halogens is 1. The first kappa shape index (κ1) is 57.4. The number of β-lactam (4-membered cyclic amide) rings is 1. The molecule has 4 aromatic carbocycles. The number of esters is 1. The summed E-state index contributed by atoms with van der Waals surface area (Å²) in [5.74, 6) is 0.312. The maximum atomic E-state index is 14.6. The summed E-state index contributed by atoms with van der Waals surface area (Å²) in [5, 5.41) is 6.53. The van der Waals surface area contributed by atoms with E-state index < -0.39 is 41.3 Å². The van der Waals surface area contributed by atoms with Crippen LogP contribution in [0.25, 0.3) is 0 Å². The number of aryl methyl sites for hydroxylation is 1. The third-order valence-corrected chi connectivity index (χ3v) is 17.2. The minimum Gasteiger partial charge on any atom is -0.541 e. The third-order valence-electron chi connectivity index (χ3n) is 14.7. The first-order chi connectivity index (χ1) is 38.7. The molecule has 5 heterocycles. The molecule has 1 N–H and O–H groups in total. The van der Waals surface area contributed by atoms with Crippen molar-refractivity contribution in [1.29, 1.82) is 0 Å². The summed E-state index contributed by atoms with van der Waals surface area (Å²) >= 11 is 9.01. The smallest absolute Gasteiger partial charge is 0.378 e. The van der Waals surface area contributed by atoms with Crippen molar-refractivity contribution in [1.82, 2.24) is 20.1 Å². The fourth-order valence-corrected chi connectivity index (χ4v) is 12.8. The summed E-state index contributed by atoms with van der Waals surface area (Å²) in [6, 6.07) is 26.7. The predicted molar refractivity (Wildman–Crippen MR) is 300 cm³/mol. The van der Waals surface area contributed by atoms with E-state index in [1.807, 2.05) is 53.4 Å². The Morgan fingerprint density at radius 1 is 0.825 bits per heavy atom. The van der Waals surface area contributed by atoms with E-state index in [4.69, 9.17) is 52.9 Å². The number of hydrogen-bond donors (Lipinski definition) is 1. The summed E-state index contributed by atoms with van der Waals surface area (Å²) in [6.45, 7) is 6.68. The number of ether oxygens (including phenoxy) is 6. The first-order valence-electron chi connectivity index (χ1n) is 26.1. The maximum Gasteiger partial charge on any atom is 0.378 e. The molecule has 19 nitrogen and oxygen atoms in total. The number of likely N-dealkylation sites (tertiary alicyclic amines) is 2. The van der Waals surface area contributed by atoms with Gasteiger partial charge in [-0.1, -0.05) is 53.2 Å². The number of piperidine rings is 1. The van der Waals surface area contributed by atoms with Crippen molar-refractivity contribution in [2.45, 2.75) is 82.9 Å². The topological polar surface area (TPSA) is 203 Å². The van der Waals surface area contributed by atoms with Crippen LogP contribution in [-0.4, -0.2) is 146 Å². The van der Waals surface area contributed by atoms with Gasteiger partial charge in [-0.15, -0.1) is 23.1 Å². The zero-order valence-electron chi connectivity index (χ0n) is 45.0. The van der Waals surface area contributed by atoms with Gasteiger partial charge in [0.05, 0.1) is 45.5 Å². The normalized spacial score (nSPS) is 18.3. The number of amides is 3. The van der Waals surface area contributed by atoms with Crippen molar-refractivity contribution < 1.29 is 66.4 Å². The van der Waals surface area contributed by atoms with Crippen LogP contribution in [0.15, 0.2) is 107 Å². The van der Waals surface area contributed by atoms with Gasteiger partial charge in [-0.3, -0.25) is 19.3 Å². The molecule has 1 aromatic heterocycles. The number of carbonyl (C=O) groups is 5. The van der Waals surface area contributed by atoms with Crippen molar-refractivity contribution in [3.05, 3.63) is 140 Å². The van der Waals surface area contributed by atoms with Gasteiger partial charge in [0.2, 0.25) is 6.10 Å². The van der Waals surface area contributed by atoms with Crippen LogP contribution in [0.5, 0.6) is 28.7 Å². The quantitative estimate of drug-likeness (QED) is 0.0180. The lowest BCUT2D eigenvalue weighted by Crippen LogP contribution is -2.71. The lowest BCUT2D eigenvalue weighted by atomic mass is 9.97. The molecule has 418 valence electrons. The number of quaternary nitrogens is 1. The average Bonchev–Trinajstić information content (AvgIpc) is 4.22. The maximum absolute atomic E-state index is 14.6. The number of benzene rings is 4. The van der Waals surface area contributed by atoms with Crippen LogP contribution in [0.2, 0.25) is 4.34 Å². The molecule has 9 rings (SSSR count). The highest BCUT2D eigenvalue weighted by atomic mass is 35.5. The van der Waals surface area contributed by atoms with Crippen LogP contribution >= 0.6 is 34.7 Å². The van der Waals surface area contributed by atoms with Crippen LogP contribution in [0, 0.1) is 6.92 Å². The standard InChI is InChI=1S/C57H60BClN6O13S2/c1-34(56(69)77-58)78-62-48(47-51(59)80-35(2)60-47)52(66)61-49-54(68)64-50(57(70)76-32-38-12-19-44(73-5)20-13-38)40(33-79-55(49)64)29-65(26-6-7-27-65)41-22-24-63(25-23-41)53(67)39-14-21-45(74-30-36-8-15-42(71-3)16-9-36)46(28-39)75-31-37-10-17-43(72-4)18-11-37/h8-21,28,34,41,49,55H,6-7,22-27,29-33H2,1-5H3/p+1/b62-48-/t34-,49?,55+/m0/s1. The molecule has 0 spiro atoms. The van der Waals surface area contributed by atoms with E-state index >= 15 is 0 Å². The number of thiazole rings is 1. The fourth-order valence-electron chi connectivity index (χ4n) is 10.4. The highest BCUT2D eigenvalue weighted by molar-refractivity contribution is 8.00. The Kier molecular flexibility index (Phi) is 18.6. The van der Waals surface area contributed by atoms with Gasteiger partial charge in [-0.25, -0.2) is 14.6 Å². The monoisotopic (exact) mass is 1150 g/mol. The second kappa shape index (κ2) is 25.9. The summed E-state index contributed by atoms with van der Waals surface area (Å²) in [6.07, 6.45) is 2.09. The molecule has 80 heavy (non-hydrogen) atoms. The highest BCUT2D eigenvalue weighted by Crippen LogP contribution is 2.43. The Morgan fingerprint density at radius 3 is 1.95 bits per heavy atom. The number of rotatable bonds is 22. The Balaban J connectivity index is 0.924. The lowest BCUT2D eigenvalue weighted by Gasteiger charge is -2.51. The summed E-state index contributed by atoms with van der Waals surface area (Å²) in [5.41, 5.74) is 3.57. The van der Waals surface area contributed by atoms with Crippen LogP contribution < -0.4 is 29.0 Å². The predicted octanol–water partition coefficient (Wildman–Crippen LogP) is 7.34. The number of aromatic nitrogens is 1. The van der Waals surface area contributed by atoms with Gasteiger partial charge in [-0.2, -0.15) is 0 Å². The van der Waals surface area contributed by atoms with Crippen LogP contribution in [-0.2, 0) is 53.2 Å². The molecule has 2 radical (unpaired) electrons. The number of nitrogens with one attached hydrogen (secondary N) is 1. The molecule has 4 aliphatic rings. The molecule has 5 aromatic rings. The molecule has 23 heteroatoms. The third kappa shape index (κ3) is 13.0. The Bertz CT molecular complexity index is 3130. The first-order valence-corrected chi connectivity index (χ1v) is 28.3. The van der Waals surface area contributed by atoms with Gasteiger partial charge >= 0.3 is 20.0 Å². The summed E-state index contributed by atoms with van der Waals surface area (Å²) in [7, 11) is 9.83. The summed E-state index contributed by atoms with van der Waals surface area (Å²) < 4.78 is 39.7. The molecular formula is C57H61BClN6O13S2+. The largest absolute Gasteiger partial charge is 0.541 e. The summed E-state index contributed by atoms with van der Waals surface area (Å²) in [4.78, 5) is 82.5. The number of thioether (sulfide) groups is 1.